The molecule has 154 valence electrons. The number of halogens is 1. The van der Waals surface area contributed by atoms with Gasteiger partial charge in [-0.25, -0.2) is 0 Å². The van der Waals surface area contributed by atoms with Gasteiger partial charge in [-0.15, -0.1) is 0 Å². The molecule has 29 heavy (non-hydrogen) atoms. The molecule has 0 unspecified atom stereocenters. The Morgan fingerprint density at radius 2 is 1.72 bits per heavy atom. The van der Waals surface area contributed by atoms with E-state index in [9.17, 15) is 9.59 Å². The standard InChI is InChI=1S/C21H24ClN3O4/c1-3-25(12-15-10-18(22)21-19(11-15)28-8-9-29-21)13-20(27)24-17-6-4-16(5-7-17)23-14(2)26/h4-7,10-11H,3,8-9,12-13H2,1-2H3,(H,23,26)(H,24,27). The molecule has 0 radical (unpaired) electrons. The number of carbonyl (C=O) groups excluding carboxylic acids is 2. The van der Waals surface area contributed by atoms with Crippen LogP contribution in [-0.2, 0) is 16.1 Å². The average molecular weight is 418 g/mol. The number of nitrogens with zero attached hydrogens (tertiary/aromatic N) is 1. The van der Waals surface area contributed by atoms with Crippen LogP contribution in [0, 0.1) is 0 Å². The topological polar surface area (TPSA) is 79.9 Å². The second-order valence-corrected chi connectivity index (χ2v) is 7.12. The molecule has 0 saturated carbocycles. The molecule has 0 atom stereocenters. The lowest BCUT2D eigenvalue weighted by molar-refractivity contribution is -0.117. The van der Waals surface area contributed by atoms with Crippen molar-refractivity contribution >= 4 is 34.8 Å². The van der Waals surface area contributed by atoms with Gasteiger partial charge in [0.2, 0.25) is 11.8 Å². The number of hydrogen-bond acceptors (Lipinski definition) is 5. The molecule has 2 amide bonds. The highest BCUT2D eigenvalue weighted by atomic mass is 35.5. The molecule has 2 N–H and O–H groups in total. The van der Waals surface area contributed by atoms with Gasteiger partial charge in [-0.3, -0.25) is 14.5 Å². The van der Waals surface area contributed by atoms with Gasteiger partial charge in [0.05, 0.1) is 11.6 Å². The number of anilines is 2. The van der Waals surface area contributed by atoms with Crippen LogP contribution in [0.4, 0.5) is 11.4 Å². The molecule has 0 spiro atoms. The lowest BCUT2D eigenvalue weighted by atomic mass is 10.1. The smallest absolute Gasteiger partial charge is 0.238 e. The third-order valence-electron chi connectivity index (χ3n) is 4.37. The number of nitrogens with one attached hydrogen (secondary N) is 2. The highest BCUT2D eigenvalue weighted by molar-refractivity contribution is 6.32. The Balaban J connectivity index is 1.59. The Bertz CT molecular complexity index is 886. The van der Waals surface area contributed by atoms with Crippen molar-refractivity contribution < 1.29 is 19.1 Å². The van der Waals surface area contributed by atoms with Gasteiger partial charge in [-0.05, 0) is 48.5 Å². The number of hydrogen-bond donors (Lipinski definition) is 2. The van der Waals surface area contributed by atoms with Crippen molar-refractivity contribution in [3.63, 3.8) is 0 Å². The summed E-state index contributed by atoms with van der Waals surface area (Å²) in [5.74, 6) is 0.950. The first-order valence-corrected chi connectivity index (χ1v) is 9.80. The van der Waals surface area contributed by atoms with Crippen LogP contribution < -0.4 is 20.1 Å². The molecule has 8 heteroatoms. The van der Waals surface area contributed by atoms with E-state index in [-0.39, 0.29) is 18.4 Å². The minimum Gasteiger partial charge on any atom is -0.486 e. The van der Waals surface area contributed by atoms with Crippen molar-refractivity contribution in [2.24, 2.45) is 0 Å². The molecule has 3 rings (SSSR count). The summed E-state index contributed by atoms with van der Waals surface area (Å²) in [6.45, 7) is 5.91. The first-order valence-electron chi connectivity index (χ1n) is 9.42. The summed E-state index contributed by atoms with van der Waals surface area (Å²) in [6, 6.07) is 10.7. The summed E-state index contributed by atoms with van der Waals surface area (Å²) >= 11 is 6.30. The molecule has 0 fully saturated rings. The van der Waals surface area contributed by atoms with E-state index < -0.39 is 0 Å². The van der Waals surface area contributed by atoms with E-state index >= 15 is 0 Å². The summed E-state index contributed by atoms with van der Waals surface area (Å²) < 4.78 is 11.2. The molecule has 7 nitrogen and oxygen atoms in total. The maximum Gasteiger partial charge on any atom is 0.238 e. The summed E-state index contributed by atoms with van der Waals surface area (Å²) in [5, 5.41) is 6.07. The molecule has 0 aromatic heterocycles. The van der Waals surface area contributed by atoms with Crippen molar-refractivity contribution in [2.45, 2.75) is 20.4 Å². The second kappa shape index (κ2) is 9.62. The van der Waals surface area contributed by atoms with Gasteiger partial charge in [0.15, 0.2) is 11.5 Å². The number of likely N-dealkylation sites (N-methyl/N-ethyl adjacent to an activating group) is 1. The van der Waals surface area contributed by atoms with E-state index in [0.29, 0.717) is 54.2 Å². The van der Waals surface area contributed by atoms with Crippen LogP contribution >= 0.6 is 11.6 Å². The van der Waals surface area contributed by atoms with Gasteiger partial charge in [0, 0.05) is 24.8 Å². The molecule has 1 aliphatic rings. The number of ether oxygens (including phenoxy) is 2. The van der Waals surface area contributed by atoms with Gasteiger partial charge in [-0.1, -0.05) is 18.5 Å². The third-order valence-corrected chi connectivity index (χ3v) is 4.65. The van der Waals surface area contributed by atoms with Crippen LogP contribution in [-0.4, -0.2) is 43.0 Å². The van der Waals surface area contributed by atoms with Crippen molar-refractivity contribution in [1.82, 2.24) is 4.90 Å². The predicted molar refractivity (Wildman–Crippen MR) is 113 cm³/mol. The van der Waals surface area contributed by atoms with Crippen LogP contribution in [0.5, 0.6) is 11.5 Å². The lowest BCUT2D eigenvalue weighted by Gasteiger charge is -2.23. The fourth-order valence-corrected chi connectivity index (χ4v) is 3.32. The Kier molecular flexibility index (Phi) is 6.95. The normalized spacial score (nSPS) is 12.6. The van der Waals surface area contributed by atoms with Gasteiger partial charge in [0.25, 0.3) is 0 Å². The summed E-state index contributed by atoms with van der Waals surface area (Å²) in [4.78, 5) is 25.5. The van der Waals surface area contributed by atoms with Crippen LogP contribution in [0.15, 0.2) is 36.4 Å². The summed E-state index contributed by atoms with van der Waals surface area (Å²) in [5.41, 5.74) is 2.30. The van der Waals surface area contributed by atoms with Crippen molar-refractivity contribution in [2.75, 3.05) is 36.9 Å². The number of carbonyl (C=O) groups is 2. The fourth-order valence-electron chi connectivity index (χ4n) is 3.04. The molecule has 1 aliphatic heterocycles. The second-order valence-electron chi connectivity index (χ2n) is 6.71. The van der Waals surface area contributed by atoms with Gasteiger partial charge >= 0.3 is 0 Å². The highest BCUT2D eigenvalue weighted by Gasteiger charge is 2.18. The number of rotatable bonds is 7. The Morgan fingerprint density at radius 3 is 2.38 bits per heavy atom. The third kappa shape index (κ3) is 5.85. The highest BCUT2D eigenvalue weighted by Crippen LogP contribution is 2.38. The largest absolute Gasteiger partial charge is 0.486 e. The van der Waals surface area contributed by atoms with Crippen LogP contribution in [0.25, 0.3) is 0 Å². The molecule has 0 aliphatic carbocycles. The zero-order chi connectivity index (χ0) is 20.8. The van der Waals surface area contributed by atoms with E-state index in [0.717, 1.165) is 5.56 Å². The van der Waals surface area contributed by atoms with E-state index in [1.165, 1.54) is 6.92 Å². The maximum absolute atomic E-state index is 12.4. The first kappa shape index (κ1) is 21.0. The number of amides is 2. The van der Waals surface area contributed by atoms with Gasteiger partial charge < -0.3 is 20.1 Å². The van der Waals surface area contributed by atoms with E-state index in [1.807, 2.05) is 24.0 Å². The van der Waals surface area contributed by atoms with E-state index in [4.69, 9.17) is 21.1 Å². The zero-order valence-corrected chi connectivity index (χ0v) is 17.2. The SMILES string of the molecule is CCN(CC(=O)Nc1ccc(NC(C)=O)cc1)Cc1cc(Cl)c2c(c1)OCCO2. The van der Waals surface area contributed by atoms with Gasteiger partial charge in [-0.2, -0.15) is 0 Å². The molecule has 2 aromatic rings. The van der Waals surface area contributed by atoms with Crippen molar-refractivity contribution in [3.8, 4) is 11.5 Å². The predicted octanol–water partition coefficient (Wildman–Crippen LogP) is 3.53. The Morgan fingerprint density at radius 1 is 1.07 bits per heavy atom. The minimum absolute atomic E-state index is 0.122. The van der Waals surface area contributed by atoms with E-state index in [2.05, 4.69) is 10.6 Å². The number of fused-ring (bicyclic) bond motifs is 1. The molecule has 1 heterocycles. The molecule has 0 saturated heterocycles. The minimum atomic E-state index is -0.139. The first-order chi connectivity index (χ1) is 13.9. The average Bonchev–Trinajstić information content (AvgIpc) is 2.68. The quantitative estimate of drug-likeness (QED) is 0.720. The van der Waals surface area contributed by atoms with Gasteiger partial charge in [0.1, 0.15) is 13.2 Å². The zero-order valence-electron chi connectivity index (χ0n) is 16.5. The Labute approximate surface area is 174 Å². The molecule has 2 aromatic carbocycles. The van der Waals surface area contributed by atoms with Crippen LogP contribution in [0.2, 0.25) is 5.02 Å². The van der Waals surface area contributed by atoms with Crippen LogP contribution in [0.1, 0.15) is 19.4 Å². The lowest BCUT2D eigenvalue weighted by Crippen LogP contribution is -2.32. The monoisotopic (exact) mass is 417 g/mol. The van der Waals surface area contributed by atoms with E-state index in [1.54, 1.807) is 24.3 Å². The number of benzene rings is 2. The molecular formula is C21H24ClN3O4. The molecule has 0 bridgehead atoms. The van der Waals surface area contributed by atoms with Crippen LogP contribution in [0.3, 0.4) is 0 Å². The fraction of sp³-hybridized carbons (Fsp3) is 0.333. The summed E-state index contributed by atoms with van der Waals surface area (Å²) in [7, 11) is 0. The summed E-state index contributed by atoms with van der Waals surface area (Å²) in [6.07, 6.45) is 0. The Hall–Kier alpha value is -2.77. The maximum atomic E-state index is 12.4. The van der Waals surface area contributed by atoms with Crippen molar-refractivity contribution in [3.05, 3.63) is 47.0 Å². The molecular weight excluding hydrogens is 394 g/mol. The van der Waals surface area contributed by atoms with Crippen molar-refractivity contribution in [1.29, 1.82) is 0 Å².